The van der Waals surface area contributed by atoms with E-state index in [9.17, 15) is 4.79 Å². The molecule has 0 heterocycles. The molecule has 0 aromatic heterocycles. The van der Waals surface area contributed by atoms with Crippen molar-refractivity contribution < 1.29 is 67.8 Å². The van der Waals surface area contributed by atoms with Gasteiger partial charge >= 0.3 is 57.4 Å². The molecule has 0 aliphatic carbocycles. The van der Waals surface area contributed by atoms with Crippen LogP contribution in [0.2, 0.25) is 0 Å². The van der Waals surface area contributed by atoms with Crippen LogP contribution in [0.4, 0.5) is 5.69 Å². The van der Waals surface area contributed by atoms with Crippen molar-refractivity contribution in [3.63, 3.8) is 0 Å². The summed E-state index contributed by atoms with van der Waals surface area (Å²) in [5, 5.41) is 19.9. The zero-order chi connectivity index (χ0) is 8.97. The molecule has 3 N–H and O–H groups in total. The van der Waals surface area contributed by atoms with Crippen molar-refractivity contribution >= 4 is 11.7 Å². The molecule has 5 heteroatoms. The van der Waals surface area contributed by atoms with E-state index in [1.54, 1.807) is 12.1 Å². The molecule has 0 aliphatic rings. The van der Waals surface area contributed by atoms with Gasteiger partial charge < -0.3 is 17.0 Å². The predicted molar refractivity (Wildman–Crippen MR) is 45.3 cm³/mol. The van der Waals surface area contributed by atoms with Gasteiger partial charge in [0.05, 0.1) is 0 Å². The molecule has 4 nitrogen and oxygen atoms in total. The predicted octanol–water partition coefficient (Wildman–Crippen LogP) is -1.99. The number of nitrogens with one attached hydrogen (secondary N) is 1. The summed E-state index contributed by atoms with van der Waals surface area (Å²) in [5.41, 5.74) is 0.676. The standard InChI is InChI=1S/C8H9NO3.K.H/c10-7-3-1-6(2-4-7)9-5-8(11)12;;/h1-4,9-10H,5H2,(H,11,12);;/q;+1;-1. The molecular formula is C8H10KNO3. The molecular weight excluding hydrogens is 197 g/mol. The Kier molecular flexibility index (Phi) is 6.35. The molecule has 1 aromatic carbocycles. The van der Waals surface area contributed by atoms with Gasteiger partial charge in [0.1, 0.15) is 12.3 Å². The van der Waals surface area contributed by atoms with Gasteiger partial charge in [-0.05, 0) is 24.3 Å². The fourth-order valence-electron chi connectivity index (χ4n) is 0.757. The molecule has 0 fully saturated rings. The molecule has 0 unspecified atom stereocenters. The van der Waals surface area contributed by atoms with E-state index < -0.39 is 5.97 Å². The summed E-state index contributed by atoms with van der Waals surface area (Å²) in [5.74, 6) is -0.751. The Labute approximate surface area is 120 Å². The monoisotopic (exact) mass is 207 g/mol. The summed E-state index contributed by atoms with van der Waals surface area (Å²) in [6.45, 7) is -0.120. The number of carbonyl (C=O) groups is 1. The summed E-state index contributed by atoms with van der Waals surface area (Å²) in [6.07, 6.45) is 0. The van der Waals surface area contributed by atoms with Gasteiger partial charge in [-0.25, -0.2) is 0 Å². The molecule has 0 aliphatic heterocycles. The minimum Gasteiger partial charge on any atom is -1.00 e. The minimum atomic E-state index is -0.914. The molecule has 66 valence electrons. The van der Waals surface area contributed by atoms with E-state index in [0.717, 1.165) is 0 Å². The maximum absolute atomic E-state index is 10.1. The fraction of sp³-hybridized carbons (Fsp3) is 0.125. The zero-order valence-corrected chi connectivity index (χ0v) is 10.4. The third-order valence-corrected chi connectivity index (χ3v) is 1.31. The van der Waals surface area contributed by atoms with Crippen molar-refractivity contribution in [2.24, 2.45) is 0 Å². The van der Waals surface area contributed by atoms with Gasteiger partial charge in [-0.3, -0.25) is 4.79 Å². The second-order valence-corrected chi connectivity index (χ2v) is 2.29. The van der Waals surface area contributed by atoms with Gasteiger partial charge in [-0.1, -0.05) is 0 Å². The number of hydrogen-bond acceptors (Lipinski definition) is 3. The van der Waals surface area contributed by atoms with Crippen LogP contribution in [0.15, 0.2) is 24.3 Å². The Morgan fingerprint density at radius 1 is 1.38 bits per heavy atom. The Morgan fingerprint density at radius 2 is 1.92 bits per heavy atom. The second-order valence-electron chi connectivity index (χ2n) is 2.29. The molecule has 0 amide bonds. The van der Waals surface area contributed by atoms with Crippen molar-refractivity contribution in [2.75, 3.05) is 11.9 Å². The Bertz CT molecular complexity index is 278. The summed E-state index contributed by atoms with van der Waals surface area (Å²) in [6, 6.07) is 6.20. The molecule has 0 bridgehead atoms. The number of hydrogen-bond donors (Lipinski definition) is 3. The fourth-order valence-corrected chi connectivity index (χ4v) is 0.757. The molecule has 1 rings (SSSR count). The van der Waals surface area contributed by atoms with Crippen LogP contribution < -0.4 is 56.7 Å². The number of carboxylic acids is 1. The summed E-state index contributed by atoms with van der Waals surface area (Å²) in [4.78, 5) is 10.1. The van der Waals surface area contributed by atoms with Crippen LogP contribution >= 0.6 is 0 Å². The summed E-state index contributed by atoms with van der Waals surface area (Å²) in [7, 11) is 0. The van der Waals surface area contributed by atoms with Crippen molar-refractivity contribution in [3.8, 4) is 5.75 Å². The number of aromatic hydroxyl groups is 1. The maximum Gasteiger partial charge on any atom is 1.00 e. The first-order valence-corrected chi connectivity index (χ1v) is 3.43. The van der Waals surface area contributed by atoms with E-state index in [-0.39, 0.29) is 65.1 Å². The van der Waals surface area contributed by atoms with Crippen molar-refractivity contribution in [1.82, 2.24) is 0 Å². The number of aliphatic carboxylic acids is 1. The quantitative estimate of drug-likeness (QED) is 0.396. The van der Waals surface area contributed by atoms with Crippen LogP contribution in [0, 0.1) is 0 Å². The number of rotatable bonds is 3. The smallest absolute Gasteiger partial charge is 1.00 e. The molecule has 0 atom stereocenters. The van der Waals surface area contributed by atoms with Crippen LogP contribution in [0.25, 0.3) is 0 Å². The van der Waals surface area contributed by atoms with Crippen molar-refractivity contribution in [2.45, 2.75) is 0 Å². The average molecular weight is 207 g/mol. The zero-order valence-electron chi connectivity index (χ0n) is 8.32. The van der Waals surface area contributed by atoms with Gasteiger partial charge in [-0.2, -0.15) is 0 Å². The average Bonchev–Trinajstić information content (AvgIpc) is 2.03. The first-order valence-electron chi connectivity index (χ1n) is 3.43. The molecule has 0 radical (unpaired) electrons. The molecule has 1 aromatic rings. The topological polar surface area (TPSA) is 69.6 Å². The van der Waals surface area contributed by atoms with Gasteiger partial charge in [-0.15, -0.1) is 0 Å². The third-order valence-electron chi connectivity index (χ3n) is 1.31. The Balaban J connectivity index is 0. The first-order chi connectivity index (χ1) is 5.68. The number of anilines is 1. The van der Waals surface area contributed by atoms with Crippen molar-refractivity contribution in [3.05, 3.63) is 24.3 Å². The number of phenols is 1. The van der Waals surface area contributed by atoms with E-state index in [4.69, 9.17) is 10.2 Å². The SMILES string of the molecule is O=C(O)CNc1ccc(O)cc1.[H-].[K+]. The van der Waals surface area contributed by atoms with Gasteiger partial charge in [0.15, 0.2) is 0 Å². The number of benzene rings is 1. The third kappa shape index (κ3) is 5.27. The maximum atomic E-state index is 10.1. The van der Waals surface area contributed by atoms with Gasteiger partial charge in [0.25, 0.3) is 0 Å². The summed E-state index contributed by atoms with van der Waals surface area (Å²) >= 11 is 0. The molecule has 0 saturated carbocycles. The van der Waals surface area contributed by atoms with E-state index >= 15 is 0 Å². The van der Waals surface area contributed by atoms with Gasteiger partial charge in [0.2, 0.25) is 0 Å². The van der Waals surface area contributed by atoms with Crippen molar-refractivity contribution in [1.29, 1.82) is 0 Å². The van der Waals surface area contributed by atoms with E-state index in [2.05, 4.69) is 5.32 Å². The Morgan fingerprint density at radius 3 is 2.38 bits per heavy atom. The first kappa shape index (κ1) is 12.9. The normalized spacial score (nSPS) is 8.62. The van der Waals surface area contributed by atoms with E-state index in [1.807, 2.05) is 0 Å². The van der Waals surface area contributed by atoms with Crippen LogP contribution in [0.1, 0.15) is 1.43 Å². The largest absolute Gasteiger partial charge is 1.00 e. The van der Waals surface area contributed by atoms with E-state index in [0.29, 0.717) is 5.69 Å². The number of carboxylic acid groups (broad SMARTS) is 1. The van der Waals surface area contributed by atoms with Crippen LogP contribution in [-0.2, 0) is 4.79 Å². The van der Waals surface area contributed by atoms with E-state index in [1.165, 1.54) is 12.1 Å². The van der Waals surface area contributed by atoms with Gasteiger partial charge in [0, 0.05) is 5.69 Å². The minimum absolute atomic E-state index is 0. The second kappa shape index (κ2) is 6.39. The van der Waals surface area contributed by atoms with Crippen LogP contribution in [0.5, 0.6) is 5.75 Å². The molecule has 13 heavy (non-hydrogen) atoms. The molecule has 0 spiro atoms. The van der Waals surface area contributed by atoms with Crippen LogP contribution in [0.3, 0.4) is 0 Å². The number of phenolic OH excluding ortho intramolecular Hbond substituents is 1. The Hall–Kier alpha value is -0.0736. The van der Waals surface area contributed by atoms with Crippen LogP contribution in [-0.4, -0.2) is 22.7 Å². The summed E-state index contributed by atoms with van der Waals surface area (Å²) < 4.78 is 0. The molecule has 0 saturated heterocycles.